The van der Waals surface area contributed by atoms with Gasteiger partial charge < -0.3 is 14.9 Å². The molecule has 0 spiro atoms. The number of aliphatic hydroxyl groups excluding tert-OH is 1. The van der Waals surface area contributed by atoms with E-state index < -0.39 is 0 Å². The Morgan fingerprint density at radius 2 is 1.29 bits per heavy atom. The number of nitrogens with zero attached hydrogens (tertiary/aromatic N) is 2. The molecule has 0 aromatic heterocycles. The fourth-order valence-electron chi connectivity index (χ4n) is 3.47. The molecule has 3 heteroatoms. The normalized spacial score (nSPS) is 26.6. The lowest BCUT2D eigenvalue weighted by atomic mass is 9.95. The first-order valence-electron chi connectivity index (χ1n) is 9.14. The minimum Gasteiger partial charge on any atom is -0.391 e. The second-order valence-electron chi connectivity index (χ2n) is 7.18. The van der Waals surface area contributed by atoms with Gasteiger partial charge in [0, 0.05) is 6.04 Å². The molecule has 0 aliphatic heterocycles. The van der Waals surface area contributed by atoms with Crippen molar-refractivity contribution in [3.05, 3.63) is 0 Å². The van der Waals surface area contributed by atoms with Crippen molar-refractivity contribution in [1.29, 1.82) is 0 Å². The summed E-state index contributed by atoms with van der Waals surface area (Å²) in [6, 6.07) is 0.367. The van der Waals surface area contributed by atoms with Crippen LogP contribution in [0.25, 0.3) is 0 Å². The van der Waals surface area contributed by atoms with E-state index in [9.17, 15) is 5.11 Å². The van der Waals surface area contributed by atoms with Crippen molar-refractivity contribution >= 4 is 0 Å². The lowest BCUT2D eigenvalue weighted by molar-refractivity contribution is 0.0471. The van der Waals surface area contributed by atoms with Gasteiger partial charge in [-0.15, -0.1) is 0 Å². The van der Waals surface area contributed by atoms with Crippen LogP contribution < -0.4 is 0 Å². The number of aliphatic hydroxyl groups is 1. The Morgan fingerprint density at radius 3 is 1.86 bits per heavy atom. The minimum atomic E-state index is -0.131. The number of rotatable bonds is 5. The van der Waals surface area contributed by atoms with Gasteiger partial charge in [0.15, 0.2) is 0 Å². The highest BCUT2D eigenvalue weighted by molar-refractivity contribution is 4.78. The summed E-state index contributed by atoms with van der Waals surface area (Å²) < 4.78 is 0. The zero-order valence-corrected chi connectivity index (χ0v) is 14.7. The Morgan fingerprint density at radius 1 is 0.762 bits per heavy atom. The van der Waals surface area contributed by atoms with E-state index in [2.05, 4.69) is 30.9 Å². The van der Waals surface area contributed by atoms with Gasteiger partial charge in [-0.1, -0.05) is 51.4 Å². The van der Waals surface area contributed by atoms with E-state index in [4.69, 9.17) is 0 Å². The SMILES string of the molecule is CN(C)CCCN(C)C1CCCCCCCCCCC1O. The average Bonchev–Trinajstić information content (AvgIpc) is 2.42. The van der Waals surface area contributed by atoms with E-state index in [1.165, 1.54) is 64.2 Å². The van der Waals surface area contributed by atoms with E-state index in [1.54, 1.807) is 0 Å². The van der Waals surface area contributed by atoms with E-state index in [0.29, 0.717) is 6.04 Å². The molecule has 0 saturated heterocycles. The molecule has 0 aromatic carbocycles. The Balaban J connectivity index is 2.42. The Kier molecular flexibility index (Phi) is 10.3. The summed E-state index contributed by atoms with van der Waals surface area (Å²) in [5.41, 5.74) is 0. The summed E-state index contributed by atoms with van der Waals surface area (Å²) in [7, 11) is 6.46. The molecule has 2 unspecified atom stereocenters. The third-order valence-corrected chi connectivity index (χ3v) is 4.88. The van der Waals surface area contributed by atoms with Gasteiger partial charge in [-0.05, 0) is 53.5 Å². The number of hydrogen-bond donors (Lipinski definition) is 1. The first-order valence-corrected chi connectivity index (χ1v) is 9.14. The summed E-state index contributed by atoms with van der Waals surface area (Å²) in [4.78, 5) is 4.66. The molecule has 1 aliphatic rings. The zero-order chi connectivity index (χ0) is 15.5. The van der Waals surface area contributed by atoms with Crippen LogP contribution in [0.1, 0.15) is 70.6 Å². The standard InChI is InChI=1S/C18H38N2O/c1-19(2)15-12-16-20(3)17-13-10-8-6-4-5-7-9-11-14-18(17)21/h17-18,21H,4-16H2,1-3H3. The van der Waals surface area contributed by atoms with Crippen LogP contribution in [-0.4, -0.2) is 61.3 Å². The van der Waals surface area contributed by atoms with Crippen molar-refractivity contribution in [2.75, 3.05) is 34.2 Å². The second kappa shape index (κ2) is 11.4. The Hall–Kier alpha value is -0.120. The summed E-state index contributed by atoms with van der Waals surface area (Å²) >= 11 is 0. The van der Waals surface area contributed by atoms with Gasteiger partial charge in [0.05, 0.1) is 6.10 Å². The fourth-order valence-corrected chi connectivity index (χ4v) is 3.47. The predicted octanol–water partition coefficient (Wildman–Crippen LogP) is 3.51. The van der Waals surface area contributed by atoms with Crippen LogP contribution in [-0.2, 0) is 0 Å². The van der Waals surface area contributed by atoms with Gasteiger partial charge in [-0.3, -0.25) is 0 Å². The van der Waals surface area contributed by atoms with E-state index in [1.807, 2.05) is 0 Å². The third kappa shape index (κ3) is 8.80. The average molecular weight is 299 g/mol. The van der Waals surface area contributed by atoms with Crippen molar-refractivity contribution < 1.29 is 5.11 Å². The number of likely N-dealkylation sites (N-methyl/N-ethyl adjacent to an activating group) is 1. The molecule has 0 radical (unpaired) electrons. The molecule has 1 rings (SSSR count). The molecule has 1 saturated carbocycles. The molecule has 0 aromatic rings. The monoisotopic (exact) mass is 298 g/mol. The van der Waals surface area contributed by atoms with Gasteiger partial charge in [0.1, 0.15) is 0 Å². The molecule has 1 N–H and O–H groups in total. The van der Waals surface area contributed by atoms with Crippen molar-refractivity contribution in [2.24, 2.45) is 0 Å². The zero-order valence-electron chi connectivity index (χ0n) is 14.7. The van der Waals surface area contributed by atoms with Crippen LogP contribution in [0.15, 0.2) is 0 Å². The highest BCUT2D eigenvalue weighted by Crippen LogP contribution is 2.20. The summed E-state index contributed by atoms with van der Waals surface area (Å²) in [5.74, 6) is 0. The molecular formula is C18H38N2O. The molecule has 3 nitrogen and oxygen atoms in total. The minimum absolute atomic E-state index is 0.131. The lowest BCUT2D eigenvalue weighted by Gasteiger charge is -2.33. The maximum atomic E-state index is 10.6. The van der Waals surface area contributed by atoms with Crippen LogP contribution in [0.2, 0.25) is 0 Å². The first kappa shape index (κ1) is 18.9. The van der Waals surface area contributed by atoms with E-state index in [0.717, 1.165) is 19.5 Å². The maximum absolute atomic E-state index is 10.6. The van der Waals surface area contributed by atoms with Gasteiger partial charge in [-0.25, -0.2) is 0 Å². The maximum Gasteiger partial charge on any atom is 0.0695 e. The summed E-state index contributed by atoms with van der Waals surface area (Å²) in [6.45, 7) is 2.23. The van der Waals surface area contributed by atoms with Crippen molar-refractivity contribution in [2.45, 2.75) is 82.8 Å². The van der Waals surface area contributed by atoms with Gasteiger partial charge in [0.25, 0.3) is 0 Å². The van der Waals surface area contributed by atoms with Crippen molar-refractivity contribution in [3.8, 4) is 0 Å². The number of hydrogen-bond acceptors (Lipinski definition) is 3. The van der Waals surface area contributed by atoms with Gasteiger partial charge in [0.2, 0.25) is 0 Å². The lowest BCUT2D eigenvalue weighted by Crippen LogP contribution is -2.42. The van der Waals surface area contributed by atoms with E-state index in [-0.39, 0.29) is 6.10 Å². The van der Waals surface area contributed by atoms with Crippen LogP contribution in [0, 0.1) is 0 Å². The van der Waals surface area contributed by atoms with Gasteiger partial charge in [-0.2, -0.15) is 0 Å². The molecular weight excluding hydrogens is 260 g/mol. The summed E-state index contributed by atoms with van der Waals surface area (Å²) in [5, 5.41) is 10.6. The largest absolute Gasteiger partial charge is 0.391 e. The smallest absolute Gasteiger partial charge is 0.0695 e. The van der Waals surface area contributed by atoms with Crippen molar-refractivity contribution in [1.82, 2.24) is 9.80 Å². The van der Waals surface area contributed by atoms with Crippen LogP contribution >= 0.6 is 0 Å². The molecule has 21 heavy (non-hydrogen) atoms. The molecule has 0 bridgehead atoms. The molecule has 1 fully saturated rings. The Bertz CT molecular complexity index is 245. The Labute approximate surface area is 132 Å². The molecule has 0 amide bonds. The quantitative estimate of drug-likeness (QED) is 0.841. The van der Waals surface area contributed by atoms with Crippen molar-refractivity contribution in [3.63, 3.8) is 0 Å². The molecule has 2 atom stereocenters. The fraction of sp³-hybridized carbons (Fsp3) is 1.00. The molecule has 1 aliphatic carbocycles. The van der Waals surface area contributed by atoms with E-state index >= 15 is 0 Å². The summed E-state index contributed by atoms with van der Waals surface area (Å²) in [6.07, 6.45) is 13.9. The predicted molar refractivity (Wildman–Crippen MR) is 91.8 cm³/mol. The van der Waals surface area contributed by atoms with Gasteiger partial charge >= 0.3 is 0 Å². The highest BCUT2D eigenvalue weighted by atomic mass is 16.3. The molecule has 126 valence electrons. The topological polar surface area (TPSA) is 26.7 Å². The second-order valence-corrected chi connectivity index (χ2v) is 7.18. The van der Waals surface area contributed by atoms with Crippen LogP contribution in [0.4, 0.5) is 0 Å². The third-order valence-electron chi connectivity index (χ3n) is 4.88. The molecule has 0 heterocycles. The van der Waals surface area contributed by atoms with Crippen LogP contribution in [0.3, 0.4) is 0 Å². The first-order chi connectivity index (χ1) is 10.1. The van der Waals surface area contributed by atoms with Crippen LogP contribution in [0.5, 0.6) is 0 Å². The highest BCUT2D eigenvalue weighted by Gasteiger charge is 2.22.